The number of thiophene rings is 1. The first kappa shape index (κ1) is 11.7. The summed E-state index contributed by atoms with van der Waals surface area (Å²) < 4.78 is 1.44. The molecule has 3 rings (SSSR count). The van der Waals surface area contributed by atoms with Crippen LogP contribution in [0.2, 0.25) is 0 Å². The molecule has 4 nitrogen and oxygen atoms in total. The summed E-state index contributed by atoms with van der Waals surface area (Å²) in [7, 11) is 0. The first-order valence-electron chi connectivity index (χ1n) is 6.42. The van der Waals surface area contributed by atoms with Gasteiger partial charge in [-0.1, -0.05) is 19.3 Å². The number of nitrogens with zero attached hydrogens (tertiary/aromatic N) is 1. The van der Waals surface area contributed by atoms with Crippen LogP contribution in [0.15, 0.2) is 15.7 Å². The predicted molar refractivity (Wildman–Crippen MR) is 73.6 cm³/mol. The van der Waals surface area contributed by atoms with Crippen molar-refractivity contribution in [3.63, 3.8) is 0 Å². The van der Waals surface area contributed by atoms with E-state index in [4.69, 9.17) is 0 Å². The van der Waals surface area contributed by atoms with Crippen LogP contribution in [-0.2, 0) is 0 Å². The highest BCUT2D eigenvalue weighted by Gasteiger charge is 2.20. The molecular formula is C13H16N2O2S. The standard InChI is InChI=1S/C13H16N2O2S/c1-8-7-10-11(18-8)14-13(17)15(12(10)16)9-5-3-2-4-6-9/h7,9H,2-6H2,1H3,(H,14,17). The Balaban J connectivity index is 2.22. The normalized spacial score (nSPS) is 17.4. The highest BCUT2D eigenvalue weighted by atomic mass is 32.1. The monoisotopic (exact) mass is 264 g/mol. The van der Waals surface area contributed by atoms with Gasteiger partial charge >= 0.3 is 5.69 Å². The number of aryl methyl sites for hydroxylation is 1. The van der Waals surface area contributed by atoms with E-state index in [0.717, 1.165) is 30.6 Å². The number of rotatable bonds is 1. The minimum atomic E-state index is -0.249. The van der Waals surface area contributed by atoms with Crippen molar-refractivity contribution in [2.75, 3.05) is 0 Å². The molecule has 0 aliphatic heterocycles. The maximum Gasteiger partial charge on any atom is 0.329 e. The summed E-state index contributed by atoms with van der Waals surface area (Å²) in [6.45, 7) is 1.95. The molecule has 5 heteroatoms. The van der Waals surface area contributed by atoms with Gasteiger partial charge in [0, 0.05) is 10.9 Å². The van der Waals surface area contributed by atoms with E-state index in [2.05, 4.69) is 4.98 Å². The highest BCUT2D eigenvalue weighted by Crippen LogP contribution is 2.26. The molecule has 1 aliphatic rings. The SMILES string of the molecule is Cc1cc2c(=O)n(C3CCCCC3)c(=O)[nH]c2s1. The van der Waals surface area contributed by atoms with Crippen molar-refractivity contribution in [3.05, 3.63) is 31.8 Å². The van der Waals surface area contributed by atoms with Crippen LogP contribution in [0.5, 0.6) is 0 Å². The lowest BCUT2D eigenvalue weighted by atomic mass is 9.95. The lowest BCUT2D eigenvalue weighted by Crippen LogP contribution is -2.38. The molecule has 1 saturated carbocycles. The summed E-state index contributed by atoms with van der Waals surface area (Å²) in [5, 5.41) is 0.655. The number of hydrogen-bond acceptors (Lipinski definition) is 3. The van der Waals surface area contributed by atoms with Crippen molar-refractivity contribution in [2.45, 2.75) is 45.1 Å². The van der Waals surface area contributed by atoms with Crippen LogP contribution in [0.3, 0.4) is 0 Å². The van der Waals surface area contributed by atoms with E-state index >= 15 is 0 Å². The fourth-order valence-corrected chi connectivity index (χ4v) is 3.71. The minimum absolute atomic E-state index is 0.0830. The topological polar surface area (TPSA) is 54.9 Å². The third kappa shape index (κ3) is 1.82. The Labute approximate surface area is 108 Å². The van der Waals surface area contributed by atoms with Crippen LogP contribution < -0.4 is 11.2 Å². The van der Waals surface area contributed by atoms with Gasteiger partial charge in [-0.15, -0.1) is 11.3 Å². The quantitative estimate of drug-likeness (QED) is 0.860. The minimum Gasteiger partial charge on any atom is -0.298 e. The second kappa shape index (κ2) is 4.39. The summed E-state index contributed by atoms with van der Waals surface area (Å²) in [6.07, 6.45) is 5.31. The number of aromatic amines is 1. The predicted octanol–water partition coefficient (Wildman–Crippen LogP) is 2.56. The Morgan fingerprint density at radius 2 is 2.00 bits per heavy atom. The van der Waals surface area contributed by atoms with Crippen molar-refractivity contribution in [3.8, 4) is 0 Å². The summed E-state index contributed by atoms with van der Waals surface area (Å²) in [4.78, 5) is 29.1. The smallest absolute Gasteiger partial charge is 0.298 e. The van der Waals surface area contributed by atoms with Crippen molar-refractivity contribution >= 4 is 21.6 Å². The molecule has 18 heavy (non-hydrogen) atoms. The molecule has 0 bridgehead atoms. The van der Waals surface area contributed by atoms with E-state index in [1.54, 1.807) is 0 Å². The fraction of sp³-hybridized carbons (Fsp3) is 0.538. The van der Waals surface area contributed by atoms with E-state index in [9.17, 15) is 9.59 Å². The van der Waals surface area contributed by atoms with Crippen LogP contribution in [0.4, 0.5) is 0 Å². The van der Waals surface area contributed by atoms with Crippen molar-refractivity contribution in [2.24, 2.45) is 0 Å². The average molecular weight is 264 g/mol. The van der Waals surface area contributed by atoms with Crippen molar-refractivity contribution in [1.29, 1.82) is 0 Å². The average Bonchev–Trinajstić information content (AvgIpc) is 2.71. The zero-order valence-electron chi connectivity index (χ0n) is 10.4. The maximum atomic E-state index is 12.4. The molecular weight excluding hydrogens is 248 g/mol. The van der Waals surface area contributed by atoms with Crippen LogP contribution in [0.25, 0.3) is 10.2 Å². The third-order valence-electron chi connectivity index (χ3n) is 3.68. The van der Waals surface area contributed by atoms with E-state index in [-0.39, 0.29) is 17.3 Å². The zero-order chi connectivity index (χ0) is 12.7. The molecule has 96 valence electrons. The van der Waals surface area contributed by atoms with Crippen molar-refractivity contribution < 1.29 is 0 Å². The molecule has 0 spiro atoms. The summed E-state index contributed by atoms with van der Waals surface area (Å²) in [5.74, 6) is 0. The second-order valence-corrected chi connectivity index (χ2v) is 6.25. The molecule has 1 fully saturated rings. The zero-order valence-corrected chi connectivity index (χ0v) is 11.2. The number of fused-ring (bicyclic) bond motifs is 1. The molecule has 2 heterocycles. The van der Waals surface area contributed by atoms with Crippen LogP contribution in [-0.4, -0.2) is 9.55 Å². The van der Waals surface area contributed by atoms with Gasteiger partial charge in [-0.25, -0.2) is 4.79 Å². The molecule has 0 amide bonds. The van der Waals surface area contributed by atoms with Gasteiger partial charge < -0.3 is 0 Å². The van der Waals surface area contributed by atoms with Gasteiger partial charge in [0.25, 0.3) is 5.56 Å². The second-order valence-electron chi connectivity index (χ2n) is 5.00. The van der Waals surface area contributed by atoms with E-state index in [1.807, 2.05) is 13.0 Å². The van der Waals surface area contributed by atoms with Gasteiger partial charge in [-0.3, -0.25) is 14.3 Å². The Bertz CT molecular complexity index is 689. The van der Waals surface area contributed by atoms with Crippen LogP contribution in [0.1, 0.15) is 43.0 Å². The number of H-pyrrole nitrogens is 1. The molecule has 0 atom stereocenters. The van der Waals surface area contributed by atoms with Gasteiger partial charge in [0.05, 0.1) is 5.39 Å². The van der Waals surface area contributed by atoms with Crippen molar-refractivity contribution in [1.82, 2.24) is 9.55 Å². The number of aromatic nitrogens is 2. The lowest BCUT2D eigenvalue weighted by Gasteiger charge is -2.22. The largest absolute Gasteiger partial charge is 0.329 e. The molecule has 0 aromatic carbocycles. The van der Waals surface area contributed by atoms with Gasteiger partial charge in [0.2, 0.25) is 0 Å². The highest BCUT2D eigenvalue weighted by molar-refractivity contribution is 7.18. The number of nitrogens with one attached hydrogen (secondary N) is 1. The summed E-state index contributed by atoms with van der Waals surface area (Å²) in [6, 6.07) is 1.96. The van der Waals surface area contributed by atoms with Gasteiger partial charge in [-0.05, 0) is 25.8 Å². The molecule has 0 radical (unpaired) electrons. The molecule has 2 aromatic heterocycles. The maximum absolute atomic E-state index is 12.4. The molecule has 1 aliphatic carbocycles. The molecule has 0 unspecified atom stereocenters. The lowest BCUT2D eigenvalue weighted by molar-refractivity contribution is 0.338. The summed E-state index contributed by atoms with van der Waals surface area (Å²) in [5.41, 5.74) is -0.369. The third-order valence-corrected chi connectivity index (χ3v) is 4.65. The van der Waals surface area contributed by atoms with E-state index in [1.165, 1.54) is 22.3 Å². The van der Waals surface area contributed by atoms with Gasteiger partial charge in [0.15, 0.2) is 0 Å². The summed E-state index contributed by atoms with van der Waals surface area (Å²) >= 11 is 1.47. The first-order chi connectivity index (χ1) is 8.66. The van der Waals surface area contributed by atoms with E-state index in [0.29, 0.717) is 10.2 Å². The van der Waals surface area contributed by atoms with Crippen LogP contribution >= 0.6 is 11.3 Å². The fourth-order valence-electron chi connectivity index (χ4n) is 2.82. The Hall–Kier alpha value is -1.36. The molecule has 2 aromatic rings. The Morgan fingerprint density at radius 1 is 1.28 bits per heavy atom. The van der Waals surface area contributed by atoms with E-state index < -0.39 is 0 Å². The Kier molecular flexibility index (Phi) is 2.86. The first-order valence-corrected chi connectivity index (χ1v) is 7.23. The van der Waals surface area contributed by atoms with Crippen LogP contribution in [0, 0.1) is 6.92 Å². The molecule has 1 N–H and O–H groups in total. The Morgan fingerprint density at radius 3 is 2.72 bits per heavy atom. The number of hydrogen-bond donors (Lipinski definition) is 1. The molecule has 0 saturated heterocycles. The van der Waals surface area contributed by atoms with Gasteiger partial charge in [-0.2, -0.15) is 0 Å². The van der Waals surface area contributed by atoms with Gasteiger partial charge in [0.1, 0.15) is 4.83 Å².